The van der Waals surface area contributed by atoms with E-state index in [4.69, 9.17) is 0 Å². The molecule has 0 amide bonds. The smallest absolute Gasteiger partial charge is 1.00 e. The van der Waals surface area contributed by atoms with Crippen molar-refractivity contribution in [2.45, 2.75) is 13.8 Å². The van der Waals surface area contributed by atoms with Crippen LogP contribution in [0, 0.1) is 13.8 Å². The molecule has 0 fully saturated rings. The minimum absolute atomic E-state index is 0. The summed E-state index contributed by atoms with van der Waals surface area (Å²) in [7, 11) is 1.52. The van der Waals surface area contributed by atoms with Gasteiger partial charge in [-0.2, -0.15) is 47.2 Å². The molecule has 0 heterocycles. The molecule has 0 saturated carbocycles. The molecule has 0 spiro atoms. The van der Waals surface area contributed by atoms with Gasteiger partial charge in [0, 0.05) is 0 Å². The van der Waals surface area contributed by atoms with E-state index in [1.807, 2.05) is 0 Å². The first-order valence-corrected chi connectivity index (χ1v) is 19.8. The fourth-order valence-corrected chi connectivity index (χ4v) is 8.78. The number of benzene rings is 6. The summed E-state index contributed by atoms with van der Waals surface area (Å²) in [6.45, 7) is 4.37. The van der Waals surface area contributed by atoms with E-state index in [2.05, 4.69) is 220 Å². The number of rotatable bonds is 4. The zero-order valence-electron chi connectivity index (χ0n) is 31.4. The molecule has 0 aromatic heterocycles. The van der Waals surface area contributed by atoms with Gasteiger partial charge in [-0.1, -0.05) is 90.0 Å². The summed E-state index contributed by atoms with van der Waals surface area (Å²) in [4.78, 5) is 0. The van der Waals surface area contributed by atoms with Crippen LogP contribution in [0.2, 0.25) is 0 Å². The Balaban J connectivity index is 0.000000203. The SMILES string of the molecule is Cc1ccccc1Pc1cc2ccccc2[cH-]1.Cc1ccccc1Pc1cc2ccccc2[cH-]1.[Cl-].[Cl-].[Ti+2].[Ti+2].c1ccc2[cH-]ccc2c1.c1ccc2[cH-]ccc2c1. The van der Waals surface area contributed by atoms with Crippen molar-refractivity contribution in [2.24, 2.45) is 0 Å². The Morgan fingerprint density at radius 1 is 0.357 bits per heavy atom. The summed E-state index contributed by atoms with van der Waals surface area (Å²) in [5.74, 6) is 0. The molecule has 0 aliphatic carbocycles. The van der Waals surface area contributed by atoms with E-state index in [0.717, 1.165) is 17.2 Å². The quantitative estimate of drug-likeness (QED) is 0.114. The molecule has 56 heavy (non-hydrogen) atoms. The predicted molar refractivity (Wildman–Crippen MR) is 236 cm³/mol. The molecule has 0 radical (unpaired) electrons. The van der Waals surface area contributed by atoms with Crippen LogP contribution in [0.4, 0.5) is 0 Å². The maximum absolute atomic E-state index is 2.31. The van der Waals surface area contributed by atoms with Gasteiger partial charge in [0.15, 0.2) is 0 Å². The van der Waals surface area contributed by atoms with Gasteiger partial charge >= 0.3 is 43.4 Å². The van der Waals surface area contributed by atoms with Gasteiger partial charge in [0.1, 0.15) is 0 Å². The second kappa shape index (κ2) is 23.8. The van der Waals surface area contributed by atoms with Crippen LogP contribution in [0.3, 0.4) is 0 Å². The van der Waals surface area contributed by atoms with Crippen LogP contribution in [0.1, 0.15) is 11.1 Å². The van der Waals surface area contributed by atoms with Crippen LogP contribution >= 0.6 is 17.2 Å². The minimum Gasteiger partial charge on any atom is -1.00 e. The Kier molecular flexibility index (Phi) is 19.9. The summed E-state index contributed by atoms with van der Waals surface area (Å²) >= 11 is 0. The third-order valence-corrected chi connectivity index (χ3v) is 12.0. The Labute approximate surface area is 377 Å². The maximum atomic E-state index is 2.31. The summed E-state index contributed by atoms with van der Waals surface area (Å²) in [6.07, 6.45) is 0. The Bertz CT molecular complexity index is 2340. The van der Waals surface area contributed by atoms with Crippen LogP contribution in [-0.2, 0) is 43.4 Å². The fourth-order valence-electron chi connectivity index (χ4n) is 6.32. The van der Waals surface area contributed by atoms with E-state index in [-0.39, 0.29) is 68.2 Å². The molecule has 0 aliphatic rings. The van der Waals surface area contributed by atoms with Crippen molar-refractivity contribution in [1.29, 1.82) is 0 Å². The van der Waals surface area contributed by atoms with Gasteiger partial charge in [-0.15, -0.1) is 140 Å². The first-order valence-electron chi connectivity index (χ1n) is 17.8. The van der Waals surface area contributed by atoms with Gasteiger partial charge in [0.25, 0.3) is 0 Å². The molecular formula is C50H42Cl2P2Ti2-2. The van der Waals surface area contributed by atoms with E-state index in [9.17, 15) is 0 Å². The molecule has 276 valence electrons. The van der Waals surface area contributed by atoms with E-state index < -0.39 is 0 Å². The van der Waals surface area contributed by atoms with Crippen molar-refractivity contribution < 1.29 is 68.2 Å². The molecule has 6 heteroatoms. The van der Waals surface area contributed by atoms with Gasteiger partial charge in [0.05, 0.1) is 0 Å². The average molecular weight is 871 g/mol. The summed E-state index contributed by atoms with van der Waals surface area (Å²) < 4.78 is 0. The topological polar surface area (TPSA) is 0 Å². The minimum atomic E-state index is 0. The number of aryl methyl sites for hydroxylation is 2. The van der Waals surface area contributed by atoms with Crippen molar-refractivity contribution >= 4 is 81.5 Å². The molecule has 0 bridgehead atoms. The van der Waals surface area contributed by atoms with Crippen LogP contribution in [0.15, 0.2) is 206 Å². The van der Waals surface area contributed by atoms with Gasteiger partial charge in [-0.05, 0) is 35.6 Å². The standard InChI is InChI=1S/2C16H14P.2C9H7.2ClH.2Ti/c2*1-12-6-2-5-9-16(12)17-15-10-13-7-3-4-8-14(13)11-15;2*1-2-5-9-7-3-6-8(9)4-1;;;;/h2*2-11,17H,1H3;2*1-7H;2*1H;;/q4*-1;;;2*+2/p-2. The molecule has 2 unspecified atom stereocenters. The third kappa shape index (κ3) is 12.8. The Hall–Kier alpha value is -3.37. The predicted octanol–water partition coefficient (Wildman–Crippen LogP) is 6.11. The molecule has 0 saturated heterocycles. The van der Waals surface area contributed by atoms with Gasteiger partial charge < -0.3 is 24.8 Å². The normalized spacial score (nSPS) is 10.3. The van der Waals surface area contributed by atoms with Gasteiger partial charge in [0.2, 0.25) is 0 Å². The third-order valence-electron chi connectivity index (χ3n) is 9.18. The molecule has 0 nitrogen and oxygen atoms in total. The second-order valence-electron chi connectivity index (χ2n) is 12.9. The van der Waals surface area contributed by atoms with Crippen LogP contribution in [-0.4, -0.2) is 0 Å². The number of fused-ring (bicyclic) bond motifs is 4. The van der Waals surface area contributed by atoms with E-state index in [0.29, 0.717) is 0 Å². The number of halogens is 2. The van der Waals surface area contributed by atoms with Crippen LogP contribution < -0.4 is 46.0 Å². The average Bonchev–Trinajstić information content (AvgIpc) is 4.00. The van der Waals surface area contributed by atoms with Gasteiger partial charge in [-0.25, -0.2) is 0 Å². The number of hydrogen-bond donors (Lipinski definition) is 0. The Morgan fingerprint density at radius 2 is 0.679 bits per heavy atom. The van der Waals surface area contributed by atoms with Crippen molar-refractivity contribution in [3.63, 3.8) is 0 Å². The first kappa shape index (κ1) is 47.0. The number of hydrogen-bond acceptors (Lipinski definition) is 0. The summed E-state index contributed by atoms with van der Waals surface area (Å²) in [6, 6.07) is 73.0. The van der Waals surface area contributed by atoms with Crippen molar-refractivity contribution in [3.8, 4) is 0 Å². The van der Waals surface area contributed by atoms with Crippen LogP contribution in [0.5, 0.6) is 0 Å². The maximum Gasteiger partial charge on any atom is 2.00 e. The van der Waals surface area contributed by atoms with E-state index >= 15 is 0 Å². The largest absolute Gasteiger partial charge is 2.00 e. The zero-order chi connectivity index (χ0) is 35.5. The van der Waals surface area contributed by atoms with Crippen molar-refractivity contribution in [3.05, 3.63) is 217 Å². The van der Waals surface area contributed by atoms with Crippen LogP contribution in [0.25, 0.3) is 43.1 Å². The zero-order valence-corrected chi connectivity index (χ0v) is 38.0. The summed E-state index contributed by atoms with van der Waals surface area (Å²) in [5, 5.41) is 16.5. The fraction of sp³-hybridized carbons (Fsp3) is 0.0400. The molecular weight excluding hydrogens is 829 g/mol. The van der Waals surface area contributed by atoms with E-state index in [1.54, 1.807) is 0 Å². The Morgan fingerprint density at radius 3 is 1.04 bits per heavy atom. The molecule has 10 aromatic rings. The first-order chi connectivity index (χ1) is 25.6. The molecule has 0 N–H and O–H groups in total. The van der Waals surface area contributed by atoms with E-state index in [1.165, 1.54) is 75.4 Å². The molecule has 10 rings (SSSR count). The van der Waals surface area contributed by atoms with Gasteiger partial charge in [-0.3, -0.25) is 0 Å². The molecule has 10 aromatic carbocycles. The monoisotopic (exact) mass is 870 g/mol. The molecule has 2 atom stereocenters. The van der Waals surface area contributed by atoms with Crippen molar-refractivity contribution in [1.82, 2.24) is 0 Å². The second-order valence-corrected chi connectivity index (χ2v) is 15.7. The molecule has 0 aliphatic heterocycles. The van der Waals surface area contributed by atoms with Crippen molar-refractivity contribution in [2.75, 3.05) is 0 Å². The summed E-state index contributed by atoms with van der Waals surface area (Å²) in [5.41, 5.74) is 2.77.